The Morgan fingerprint density at radius 2 is 1.68 bits per heavy atom. The number of aryl methyl sites for hydroxylation is 1. The normalized spacial score (nSPS) is 10.5. The van der Waals surface area contributed by atoms with Crippen molar-refractivity contribution in [1.29, 1.82) is 0 Å². The zero-order valence-electron chi connectivity index (χ0n) is 15.8. The van der Waals surface area contributed by atoms with E-state index in [1.54, 1.807) is 6.20 Å². The van der Waals surface area contributed by atoms with E-state index in [0.717, 1.165) is 17.2 Å². The number of nitrogens with zero attached hydrogens (tertiary/aromatic N) is 2. The van der Waals surface area contributed by atoms with Gasteiger partial charge in [0.25, 0.3) is 11.8 Å². The Bertz CT molecular complexity index is 979. The van der Waals surface area contributed by atoms with Crippen molar-refractivity contribution in [3.8, 4) is 11.6 Å². The van der Waals surface area contributed by atoms with E-state index in [2.05, 4.69) is 15.6 Å². The highest BCUT2D eigenvalue weighted by atomic mass is 16.3. The van der Waals surface area contributed by atoms with E-state index in [9.17, 15) is 14.7 Å². The smallest absolute Gasteiger partial charge is 0.253 e. The number of aromatic nitrogens is 2. The summed E-state index contributed by atoms with van der Waals surface area (Å²) in [7, 11) is 0. The molecule has 1 aromatic carbocycles. The number of hydrogen-bond acceptors (Lipinski definition) is 4. The predicted molar refractivity (Wildman–Crippen MR) is 106 cm³/mol. The number of pyridine rings is 1. The van der Waals surface area contributed by atoms with Gasteiger partial charge in [0.05, 0.1) is 5.56 Å². The van der Waals surface area contributed by atoms with Crippen molar-refractivity contribution < 1.29 is 14.7 Å². The second-order valence-electron chi connectivity index (χ2n) is 6.37. The molecule has 0 aliphatic heterocycles. The molecule has 0 bridgehead atoms. The number of rotatable bonds is 6. The first-order valence-corrected chi connectivity index (χ1v) is 8.93. The van der Waals surface area contributed by atoms with Crippen LogP contribution in [-0.4, -0.2) is 39.6 Å². The number of hydrogen-bond donors (Lipinski definition) is 3. The summed E-state index contributed by atoms with van der Waals surface area (Å²) in [5, 5.41) is 14.8. The lowest BCUT2D eigenvalue weighted by Gasteiger charge is -2.09. The molecule has 144 valence electrons. The molecule has 0 saturated heterocycles. The topological polar surface area (TPSA) is 96.3 Å². The molecule has 28 heavy (non-hydrogen) atoms. The highest BCUT2D eigenvalue weighted by Crippen LogP contribution is 2.19. The minimum Gasteiger partial charge on any atom is -0.508 e. The fraction of sp³-hybridized carbons (Fsp3) is 0.190. The molecule has 7 heteroatoms. The van der Waals surface area contributed by atoms with Gasteiger partial charge in [-0.05, 0) is 56.3 Å². The van der Waals surface area contributed by atoms with Gasteiger partial charge in [-0.2, -0.15) is 0 Å². The molecular weight excluding hydrogens is 356 g/mol. The second kappa shape index (κ2) is 8.39. The molecule has 3 rings (SSSR count). The summed E-state index contributed by atoms with van der Waals surface area (Å²) >= 11 is 0. The van der Waals surface area contributed by atoms with Crippen molar-refractivity contribution in [1.82, 2.24) is 20.2 Å². The van der Waals surface area contributed by atoms with Crippen LogP contribution in [0.15, 0.2) is 54.7 Å². The largest absolute Gasteiger partial charge is 0.508 e. The average Bonchev–Trinajstić information content (AvgIpc) is 3.00. The average molecular weight is 378 g/mol. The number of amides is 2. The lowest BCUT2D eigenvalue weighted by atomic mass is 10.2. The second-order valence-corrected chi connectivity index (χ2v) is 6.37. The minimum absolute atomic E-state index is 0.104. The number of phenols is 1. The van der Waals surface area contributed by atoms with Crippen LogP contribution >= 0.6 is 0 Å². The van der Waals surface area contributed by atoms with Gasteiger partial charge in [0.1, 0.15) is 11.6 Å². The van der Waals surface area contributed by atoms with Crippen LogP contribution in [0.5, 0.6) is 5.75 Å². The van der Waals surface area contributed by atoms with Crippen LogP contribution in [0.25, 0.3) is 5.82 Å². The Morgan fingerprint density at radius 3 is 2.32 bits per heavy atom. The van der Waals surface area contributed by atoms with E-state index >= 15 is 0 Å². The van der Waals surface area contributed by atoms with Gasteiger partial charge in [-0.15, -0.1) is 0 Å². The van der Waals surface area contributed by atoms with Crippen LogP contribution < -0.4 is 10.6 Å². The van der Waals surface area contributed by atoms with E-state index in [4.69, 9.17) is 0 Å². The summed E-state index contributed by atoms with van der Waals surface area (Å²) in [5.74, 6) is 0.404. The molecule has 0 aliphatic carbocycles. The summed E-state index contributed by atoms with van der Waals surface area (Å²) in [5.41, 5.74) is 2.75. The van der Waals surface area contributed by atoms with Crippen LogP contribution in [0, 0.1) is 13.8 Å². The van der Waals surface area contributed by atoms with Gasteiger partial charge >= 0.3 is 0 Å². The van der Waals surface area contributed by atoms with Gasteiger partial charge in [0.2, 0.25) is 0 Å². The van der Waals surface area contributed by atoms with Crippen molar-refractivity contribution >= 4 is 11.8 Å². The van der Waals surface area contributed by atoms with Crippen molar-refractivity contribution in [2.75, 3.05) is 13.1 Å². The monoisotopic (exact) mass is 378 g/mol. The van der Waals surface area contributed by atoms with Gasteiger partial charge in [0.15, 0.2) is 0 Å². The molecule has 0 saturated carbocycles. The number of phenolic OH excluding ortho intramolecular Hbond substituents is 1. The minimum atomic E-state index is -0.262. The molecular formula is C21H22N4O3. The van der Waals surface area contributed by atoms with E-state index in [1.165, 1.54) is 24.3 Å². The molecule has 2 aromatic heterocycles. The molecule has 0 radical (unpaired) electrons. The number of nitrogens with one attached hydrogen (secondary N) is 2. The van der Waals surface area contributed by atoms with Gasteiger partial charge in [-0.1, -0.05) is 6.07 Å². The van der Waals surface area contributed by atoms with Gasteiger partial charge in [-0.3, -0.25) is 9.59 Å². The van der Waals surface area contributed by atoms with Crippen LogP contribution in [0.4, 0.5) is 0 Å². The molecule has 0 aliphatic rings. The van der Waals surface area contributed by atoms with Crippen molar-refractivity contribution in [2.45, 2.75) is 13.8 Å². The van der Waals surface area contributed by atoms with Crippen LogP contribution in [0.3, 0.4) is 0 Å². The van der Waals surface area contributed by atoms with E-state index in [-0.39, 0.29) is 17.6 Å². The number of carbonyl (C=O) groups excluding carboxylic acids is 2. The molecule has 0 spiro atoms. The van der Waals surface area contributed by atoms with Crippen LogP contribution in [0.1, 0.15) is 32.1 Å². The number of benzene rings is 1. The van der Waals surface area contributed by atoms with Gasteiger partial charge in [-0.25, -0.2) is 4.98 Å². The highest BCUT2D eigenvalue weighted by molar-refractivity contribution is 5.96. The maximum absolute atomic E-state index is 12.5. The quantitative estimate of drug-likeness (QED) is 0.574. The third-order valence-corrected chi connectivity index (χ3v) is 4.38. The van der Waals surface area contributed by atoms with E-state index in [0.29, 0.717) is 24.2 Å². The molecule has 2 heterocycles. The van der Waals surface area contributed by atoms with Crippen LogP contribution in [0.2, 0.25) is 0 Å². The first kappa shape index (κ1) is 19.2. The molecule has 3 N–H and O–H groups in total. The SMILES string of the molecule is Cc1cc(C(=O)NCCNC(=O)c2ccc(O)cc2)c(C)n1-c1ccccn1. The lowest BCUT2D eigenvalue weighted by molar-refractivity contribution is 0.0927. The summed E-state index contributed by atoms with van der Waals surface area (Å²) < 4.78 is 1.93. The van der Waals surface area contributed by atoms with E-state index in [1.807, 2.05) is 42.7 Å². The fourth-order valence-electron chi connectivity index (χ4n) is 2.99. The van der Waals surface area contributed by atoms with Crippen molar-refractivity contribution in [3.05, 3.63) is 77.2 Å². The Labute approximate surface area is 163 Å². The first-order chi connectivity index (χ1) is 13.5. The molecule has 0 atom stereocenters. The zero-order valence-corrected chi connectivity index (χ0v) is 15.8. The molecule has 0 fully saturated rings. The summed E-state index contributed by atoms with van der Waals surface area (Å²) in [6.45, 7) is 4.40. The molecule has 2 amide bonds. The summed E-state index contributed by atoms with van der Waals surface area (Å²) in [6, 6.07) is 13.4. The Hall–Kier alpha value is -3.61. The Kier molecular flexibility index (Phi) is 5.74. The molecule has 0 unspecified atom stereocenters. The van der Waals surface area contributed by atoms with Gasteiger partial charge < -0.3 is 20.3 Å². The number of carbonyl (C=O) groups is 2. The molecule has 3 aromatic rings. The zero-order chi connectivity index (χ0) is 20.1. The Morgan fingerprint density at radius 1 is 1.00 bits per heavy atom. The number of aromatic hydroxyl groups is 1. The summed E-state index contributed by atoms with van der Waals surface area (Å²) in [6.07, 6.45) is 1.71. The Balaban J connectivity index is 1.57. The van der Waals surface area contributed by atoms with Gasteiger partial charge in [0, 0.05) is 36.2 Å². The maximum atomic E-state index is 12.5. The van der Waals surface area contributed by atoms with Crippen molar-refractivity contribution in [2.24, 2.45) is 0 Å². The fourth-order valence-corrected chi connectivity index (χ4v) is 2.99. The maximum Gasteiger partial charge on any atom is 0.253 e. The lowest BCUT2D eigenvalue weighted by Crippen LogP contribution is -2.34. The predicted octanol–water partition coefficient (Wildman–Crippen LogP) is 2.35. The third-order valence-electron chi connectivity index (χ3n) is 4.38. The summed E-state index contributed by atoms with van der Waals surface area (Å²) in [4.78, 5) is 28.9. The highest BCUT2D eigenvalue weighted by Gasteiger charge is 2.16. The third kappa shape index (κ3) is 4.20. The molecule has 7 nitrogen and oxygen atoms in total. The standard InChI is InChI=1S/C21H22N4O3/c1-14-13-18(15(2)25(14)19-5-3-4-10-22-19)21(28)24-12-11-23-20(27)16-6-8-17(26)9-7-16/h3-10,13,26H,11-12H2,1-2H3,(H,23,27)(H,24,28). The first-order valence-electron chi connectivity index (χ1n) is 8.93. The van der Waals surface area contributed by atoms with Crippen molar-refractivity contribution in [3.63, 3.8) is 0 Å². The van der Waals surface area contributed by atoms with Crippen LogP contribution in [-0.2, 0) is 0 Å². The van der Waals surface area contributed by atoms with E-state index < -0.39 is 0 Å².